The highest BCUT2D eigenvalue weighted by Crippen LogP contribution is 2.19. The molecule has 1 rings (SSSR count). The standard InChI is InChI=1S/C12H16Cl2N2O/c1-15(2)4-5-16(3)12(17)9-6-10(13)8-11(14)7-9/h6-8H,4-5H2,1-3H3. The first kappa shape index (κ1) is 14.3. The second-order valence-corrected chi connectivity index (χ2v) is 5.06. The molecule has 0 saturated heterocycles. The van der Waals surface area contributed by atoms with Crippen molar-refractivity contribution in [2.24, 2.45) is 0 Å². The fourth-order valence-corrected chi connectivity index (χ4v) is 1.88. The zero-order valence-corrected chi connectivity index (χ0v) is 11.7. The number of hydrogen-bond donors (Lipinski definition) is 0. The first-order valence-electron chi connectivity index (χ1n) is 5.26. The molecule has 0 spiro atoms. The Balaban J connectivity index is 2.74. The Labute approximate surface area is 112 Å². The molecule has 0 saturated carbocycles. The maximum Gasteiger partial charge on any atom is 0.253 e. The minimum Gasteiger partial charge on any atom is -0.340 e. The van der Waals surface area contributed by atoms with Crippen LogP contribution in [-0.2, 0) is 0 Å². The van der Waals surface area contributed by atoms with Gasteiger partial charge in [-0.2, -0.15) is 0 Å². The number of amides is 1. The van der Waals surface area contributed by atoms with E-state index < -0.39 is 0 Å². The van der Waals surface area contributed by atoms with E-state index >= 15 is 0 Å². The predicted molar refractivity (Wildman–Crippen MR) is 72.0 cm³/mol. The van der Waals surface area contributed by atoms with Crippen LogP contribution in [0.25, 0.3) is 0 Å². The Bertz CT molecular complexity index is 387. The van der Waals surface area contributed by atoms with Crippen LogP contribution in [0.1, 0.15) is 10.4 Å². The highest BCUT2D eigenvalue weighted by Gasteiger charge is 2.12. The summed E-state index contributed by atoms with van der Waals surface area (Å²) in [5.41, 5.74) is 0.517. The van der Waals surface area contributed by atoms with Crippen LogP contribution in [0.2, 0.25) is 10.0 Å². The van der Waals surface area contributed by atoms with Gasteiger partial charge in [-0.25, -0.2) is 0 Å². The molecule has 0 bridgehead atoms. The van der Waals surface area contributed by atoms with Crippen molar-refractivity contribution in [2.45, 2.75) is 0 Å². The van der Waals surface area contributed by atoms with Crippen LogP contribution in [0.4, 0.5) is 0 Å². The van der Waals surface area contributed by atoms with E-state index in [1.165, 1.54) is 0 Å². The first-order chi connectivity index (χ1) is 7.90. The quantitative estimate of drug-likeness (QED) is 0.843. The summed E-state index contributed by atoms with van der Waals surface area (Å²) < 4.78 is 0. The summed E-state index contributed by atoms with van der Waals surface area (Å²) in [5.74, 6) is -0.0729. The number of rotatable bonds is 4. The van der Waals surface area contributed by atoms with Crippen LogP contribution in [-0.4, -0.2) is 49.9 Å². The lowest BCUT2D eigenvalue weighted by Gasteiger charge is -2.19. The number of carbonyl (C=O) groups is 1. The van der Waals surface area contributed by atoms with Gasteiger partial charge >= 0.3 is 0 Å². The monoisotopic (exact) mass is 274 g/mol. The molecule has 0 N–H and O–H groups in total. The summed E-state index contributed by atoms with van der Waals surface area (Å²) in [6, 6.07) is 4.86. The van der Waals surface area contributed by atoms with Crippen molar-refractivity contribution >= 4 is 29.1 Å². The van der Waals surface area contributed by atoms with E-state index in [0.717, 1.165) is 6.54 Å². The molecule has 3 nitrogen and oxygen atoms in total. The molecule has 1 aromatic rings. The summed E-state index contributed by atoms with van der Waals surface area (Å²) in [7, 11) is 5.70. The molecule has 1 aromatic carbocycles. The van der Waals surface area contributed by atoms with Gasteiger partial charge in [-0.3, -0.25) is 4.79 Å². The molecule has 94 valence electrons. The fraction of sp³-hybridized carbons (Fsp3) is 0.417. The minimum atomic E-state index is -0.0729. The lowest BCUT2D eigenvalue weighted by molar-refractivity contribution is 0.0786. The van der Waals surface area contributed by atoms with Gasteiger partial charge in [0.25, 0.3) is 5.91 Å². The van der Waals surface area contributed by atoms with E-state index in [-0.39, 0.29) is 5.91 Å². The van der Waals surface area contributed by atoms with Crippen LogP contribution >= 0.6 is 23.2 Å². The minimum absolute atomic E-state index is 0.0729. The Morgan fingerprint density at radius 3 is 2.06 bits per heavy atom. The predicted octanol–water partition coefficient (Wildman–Crippen LogP) is 2.63. The average Bonchev–Trinajstić information content (AvgIpc) is 2.23. The van der Waals surface area contributed by atoms with Crippen molar-refractivity contribution < 1.29 is 4.79 Å². The molecule has 0 aliphatic rings. The first-order valence-corrected chi connectivity index (χ1v) is 6.02. The summed E-state index contributed by atoms with van der Waals surface area (Å²) in [4.78, 5) is 15.7. The van der Waals surface area contributed by atoms with Gasteiger partial charge in [0.2, 0.25) is 0 Å². The smallest absolute Gasteiger partial charge is 0.253 e. The van der Waals surface area contributed by atoms with Gasteiger partial charge in [0.15, 0.2) is 0 Å². The van der Waals surface area contributed by atoms with E-state index in [0.29, 0.717) is 22.2 Å². The molecule has 0 fully saturated rings. The fourth-order valence-electron chi connectivity index (χ4n) is 1.35. The van der Waals surface area contributed by atoms with Gasteiger partial charge in [-0.1, -0.05) is 23.2 Å². The molecule has 0 heterocycles. The molecule has 5 heteroatoms. The van der Waals surface area contributed by atoms with Gasteiger partial charge in [0.05, 0.1) is 0 Å². The van der Waals surface area contributed by atoms with Crippen LogP contribution in [0.5, 0.6) is 0 Å². The third-order valence-electron chi connectivity index (χ3n) is 2.34. The normalized spacial score (nSPS) is 10.7. The van der Waals surface area contributed by atoms with Gasteiger partial charge in [0.1, 0.15) is 0 Å². The van der Waals surface area contributed by atoms with Crippen molar-refractivity contribution in [2.75, 3.05) is 34.2 Å². The lowest BCUT2D eigenvalue weighted by Crippen LogP contribution is -2.33. The van der Waals surface area contributed by atoms with Crippen LogP contribution < -0.4 is 0 Å². The lowest BCUT2D eigenvalue weighted by atomic mass is 10.2. The molecular weight excluding hydrogens is 259 g/mol. The van der Waals surface area contributed by atoms with Gasteiger partial charge in [0, 0.05) is 35.7 Å². The number of halogens is 2. The second-order valence-electron chi connectivity index (χ2n) is 4.19. The number of benzene rings is 1. The Morgan fingerprint density at radius 2 is 1.59 bits per heavy atom. The van der Waals surface area contributed by atoms with Crippen LogP contribution in [0.15, 0.2) is 18.2 Å². The molecular formula is C12H16Cl2N2O. The number of likely N-dealkylation sites (N-methyl/N-ethyl adjacent to an activating group) is 2. The largest absolute Gasteiger partial charge is 0.340 e. The zero-order chi connectivity index (χ0) is 13.0. The van der Waals surface area contributed by atoms with Crippen molar-refractivity contribution in [3.05, 3.63) is 33.8 Å². The Kier molecular flexibility index (Phi) is 5.25. The van der Waals surface area contributed by atoms with Crippen molar-refractivity contribution in [3.8, 4) is 0 Å². The van der Waals surface area contributed by atoms with E-state index in [4.69, 9.17) is 23.2 Å². The van der Waals surface area contributed by atoms with Crippen LogP contribution in [0.3, 0.4) is 0 Å². The van der Waals surface area contributed by atoms with E-state index in [1.807, 2.05) is 19.0 Å². The van der Waals surface area contributed by atoms with Crippen molar-refractivity contribution in [3.63, 3.8) is 0 Å². The molecule has 0 aliphatic carbocycles. The maximum atomic E-state index is 12.1. The molecule has 0 aliphatic heterocycles. The highest BCUT2D eigenvalue weighted by atomic mass is 35.5. The number of nitrogens with zero attached hydrogens (tertiary/aromatic N) is 2. The molecule has 17 heavy (non-hydrogen) atoms. The van der Waals surface area contributed by atoms with Crippen molar-refractivity contribution in [1.29, 1.82) is 0 Å². The molecule has 0 radical (unpaired) electrons. The molecule has 0 unspecified atom stereocenters. The SMILES string of the molecule is CN(C)CCN(C)C(=O)c1cc(Cl)cc(Cl)c1. The Morgan fingerprint density at radius 1 is 1.06 bits per heavy atom. The molecule has 0 aromatic heterocycles. The molecule has 0 atom stereocenters. The summed E-state index contributed by atoms with van der Waals surface area (Å²) in [6.07, 6.45) is 0. The summed E-state index contributed by atoms with van der Waals surface area (Å²) in [6.45, 7) is 1.48. The topological polar surface area (TPSA) is 23.6 Å². The maximum absolute atomic E-state index is 12.1. The van der Waals surface area contributed by atoms with Crippen LogP contribution in [0, 0.1) is 0 Å². The van der Waals surface area contributed by atoms with E-state index in [9.17, 15) is 4.79 Å². The number of carbonyl (C=O) groups excluding carboxylic acids is 1. The van der Waals surface area contributed by atoms with Crippen molar-refractivity contribution in [1.82, 2.24) is 9.80 Å². The zero-order valence-electron chi connectivity index (χ0n) is 10.2. The van der Waals surface area contributed by atoms with E-state index in [1.54, 1.807) is 30.1 Å². The third kappa shape index (κ3) is 4.54. The Hall–Kier alpha value is -0.770. The average molecular weight is 275 g/mol. The summed E-state index contributed by atoms with van der Waals surface area (Å²) >= 11 is 11.7. The van der Waals surface area contributed by atoms with Gasteiger partial charge in [-0.15, -0.1) is 0 Å². The third-order valence-corrected chi connectivity index (χ3v) is 2.78. The number of hydrogen-bond acceptors (Lipinski definition) is 2. The summed E-state index contributed by atoms with van der Waals surface area (Å²) in [5, 5.41) is 0.948. The van der Waals surface area contributed by atoms with Gasteiger partial charge < -0.3 is 9.80 Å². The second kappa shape index (κ2) is 6.24. The highest BCUT2D eigenvalue weighted by molar-refractivity contribution is 6.35. The van der Waals surface area contributed by atoms with Gasteiger partial charge in [-0.05, 0) is 32.3 Å². The molecule has 1 amide bonds. The van der Waals surface area contributed by atoms with E-state index in [2.05, 4.69) is 0 Å².